The summed E-state index contributed by atoms with van der Waals surface area (Å²) >= 11 is 0. The van der Waals surface area contributed by atoms with Crippen molar-refractivity contribution in [1.82, 2.24) is 4.90 Å². The zero-order valence-electron chi connectivity index (χ0n) is 9.04. The first-order chi connectivity index (χ1) is 6.00. The summed E-state index contributed by atoms with van der Waals surface area (Å²) in [6.45, 7) is 5.64. The summed E-state index contributed by atoms with van der Waals surface area (Å²) in [5.41, 5.74) is 1.40. The number of nitrogens with zero attached hydrogens (tertiary/aromatic N) is 1. The molecule has 0 N–H and O–H groups in total. The summed E-state index contributed by atoms with van der Waals surface area (Å²) in [7, 11) is 3.39. The Kier molecular flexibility index (Phi) is 3.28. The summed E-state index contributed by atoms with van der Waals surface area (Å²) < 4.78 is 0. The summed E-state index contributed by atoms with van der Waals surface area (Å²) in [6.07, 6.45) is 0. The van der Waals surface area contributed by atoms with Gasteiger partial charge in [0.15, 0.2) is 0 Å². The minimum absolute atomic E-state index is 0.385. The van der Waals surface area contributed by atoms with Gasteiger partial charge < -0.3 is 4.90 Å². The maximum atomic E-state index is 2.41. The second-order valence-corrected chi connectivity index (χ2v) is 6.96. The van der Waals surface area contributed by atoms with Crippen LogP contribution in [-0.2, 0) is 6.54 Å². The molecule has 0 fully saturated rings. The second kappa shape index (κ2) is 4.07. The zero-order chi connectivity index (χ0) is 9.90. The van der Waals surface area contributed by atoms with Crippen molar-refractivity contribution in [3.8, 4) is 0 Å². The van der Waals surface area contributed by atoms with Gasteiger partial charge in [0.05, 0.1) is 0 Å². The van der Waals surface area contributed by atoms with E-state index in [1.165, 1.54) is 15.8 Å². The van der Waals surface area contributed by atoms with E-state index in [9.17, 15) is 0 Å². The van der Waals surface area contributed by atoms with Gasteiger partial charge in [-0.25, -0.2) is 0 Å². The van der Waals surface area contributed by atoms with Crippen LogP contribution in [0.2, 0.25) is 0 Å². The minimum atomic E-state index is 0.385. The van der Waals surface area contributed by atoms with E-state index in [4.69, 9.17) is 0 Å². The predicted molar refractivity (Wildman–Crippen MR) is 61.9 cm³/mol. The van der Waals surface area contributed by atoms with E-state index in [0.717, 1.165) is 6.54 Å². The van der Waals surface area contributed by atoms with E-state index >= 15 is 0 Å². The van der Waals surface area contributed by atoms with Gasteiger partial charge in [0, 0.05) is 16.8 Å². The van der Waals surface area contributed by atoms with Crippen molar-refractivity contribution in [3.63, 3.8) is 0 Å². The van der Waals surface area contributed by atoms with E-state index in [1.807, 2.05) is 0 Å². The molecule has 0 radical (unpaired) electrons. The van der Waals surface area contributed by atoms with Crippen molar-refractivity contribution in [2.75, 3.05) is 7.05 Å². The molecule has 0 spiro atoms. The fourth-order valence-corrected chi connectivity index (χ4v) is 1.25. The van der Waals surface area contributed by atoms with Gasteiger partial charge in [0.1, 0.15) is 0 Å². The second-order valence-electron chi connectivity index (χ2n) is 4.51. The highest BCUT2D eigenvalue weighted by Crippen LogP contribution is 2.11. The molecule has 0 amide bonds. The maximum absolute atomic E-state index is 2.41. The first-order valence-corrected chi connectivity index (χ1v) is 5.75. The van der Waals surface area contributed by atoms with Crippen LogP contribution in [0.5, 0.6) is 0 Å². The highest BCUT2D eigenvalue weighted by Gasteiger charge is 2.16. The van der Waals surface area contributed by atoms with Crippen LogP contribution in [0.4, 0.5) is 0 Å². The molecule has 0 unspecified atom stereocenters. The summed E-state index contributed by atoms with van der Waals surface area (Å²) in [4.78, 5) is 2.41. The molecular weight excluding hydrogens is 174 g/mol. The monoisotopic (exact) mass is 193 g/mol. The Bertz CT molecular complexity index is 251. The van der Waals surface area contributed by atoms with Gasteiger partial charge in [-0.3, -0.25) is 0 Å². The third-order valence-electron chi connectivity index (χ3n) is 2.41. The smallest absolute Gasteiger partial charge is 0.0276 e. The third kappa shape index (κ3) is 3.33. The molecule has 0 saturated carbocycles. The van der Waals surface area contributed by atoms with Crippen LogP contribution >= 0.6 is 0 Å². The molecule has 0 atom stereocenters. The zero-order valence-corrected chi connectivity index (χ0v) is 11.0. The van der Waals surface area contributed by atoms with E-state index in [-0.39, 0.29) is 0 Å². The van der Waals surface area contributed by atoms with Crippen LogP contribution in [0.1, 0.15) is 19.4 Å². The minimum Gasteiger partial charge on any atom is -0.301 e. The van der Waals surface area contributed by atoms with Gasteiger partial charge in [-0.15, -0.1) is 0 Å². The molecule has 1 nitrogen and oxygen atoms in total. The van der Waals surface area contributed by atoms with Crippen molar-refractivity contribution < 1.29 is 0 Å². The predicted octanol–water partition coefficient (Wildman–Crippen LogP) is 1.22. The van der Waals surface area contributed by atoms with Gasteiger partial charge in [-0.1, -0.05) is 44.2 Å². The Labute approximate surface area is 84.2 Å². The maximum Gasteiger partial charge on any atom is 0.0276 e. The fourth-order valence-electron chi connectivity index (χ4n) is 1.09. The first-order valence-electron chi connectivity index (χ1n) is 4.75. The van der Waals surface area contributed by atoms with E-state index < -0.39 is 0 Å². The van der Waals surface area contributed by atoms with E-state index in [0.29, 0.717) is 5.16 Å². The highest BCUT2D eigenvalue weighted by atomic mass is 28.1. The quantitative estimate of drug-likeness (QED) is 0.653. The Morgan fingerprint density at radius 2 is 1.77 bits per heavy atom. The fraction of sp³-hybridized carbons (Fsp3) is 0.455. The molecule has 0 aliphatic heterocycles. The van der Waals surface area contributed by atoms with Crippen molar-refractivity contribution in [3.05, 3.63) is 35.9 Å². The lowest BCUT2D eigenvalue weighted by Gasteiger charge is -2.32. The van der Waals surface area contributed by atoms with Crippen LogP contribution < -0.4 is 0 Å². The van der Waals surface area contributed by atoms with Crippen molar-refractivity contribution in [2.45, 2.75) is 25.6 Å². The third-order valence-corrected chi connectivity index (χ3v) is 3.17. The standard InChI is InChI=1S/C11H19NSi/c1-11(2,13)12(3)9-10-7-5-4-6-8-10/h4-8H,9H2,1-3,13H3. The molecule has 0 bridgehead atoms. The van der Waals surface area contributed by atoms with Gasteiger partial charge in [0.2, 0.25) is 0 Å². The molecule has 0 aliphatic carbocycles. The van der Waals surface area contributed by atoms with Crippen LogP contribution in [0, 0.1) is 0 Å². The molecule has 1 aromatic carbocycles. The molecule has 0 aromatic heterocycles. The number of hydrogen-bond acceptors (Lipinski definition) is 1. The lowest BCUT2D eigenvalue weighted by atomic mass is 10.2. The lowest BCUT2D eigenvalue weighted by molar-refractivity contribution is 0.228. The SMILES string of the molecule is CN(Cc1ccccc1)C(C)(C)[SiH3]. The van der Waals surface area contributed by atoms with Crippen LogP contribution in [0.15, 0.2) is 30.3 Å². The largest absolute Gasteiger partial charge is 0.301 e. The highest BCUT2D eigenvalue weighted by molar-refractivity contribution is 6.14. The van der Waals surface area contributed by atoms with Crippen molar-refractivity contribution in [1.29, 1.82) is 0 Å². The van der Waals surface area contributed by atoms with Gasteiger partial charge in [-0.05, 0) is 17.8 Å². The van der Waals surface area contributed by atoms with Gasteiger partial charge >= 0.3 is 0 Å². The Balaban J connectivity index is 2.61. The average Bonchev–Trinajstić information content (AvgIpc) is 2.04. The Morgan fingerprint density at radius 1 is 1.23 bits per heavy atom. The average molecular weight is 193 g/mol. The van der Waals surface area contributed by atoms with Crippen LogP contribution in [0.3, 0.4) is 0 Å². The molecule has 1 rings (SSSR count). The van der Waals surface area contributed by atoms with Gasteiger partial charge in [0.25, 0.3) is 0 Å². The molecule has 72 valence electrons. The van der Waals surface area contributed by atoms with E-state index in [2.05, 4.69) is 56.1 Å². The summed E-state index contributed by atoms with van der Waals surface area (Å²) in [6, 6.07) is 10.6. The van der Waals surface area contributed by atoms with Crippen LogP contribution in [0.25, 0.3) is 0 Å². The molecule has 2 heteroatoms. The Morgan fingerprint density at radius 3 is 2.23 bits per heavy atom. The molecular formula is C11H19NSi. The van der Waals surface area contributed by atoms with Crippen molar-refractivity contribution in [2.24, 2.45) is 0 Å². The number of rotatable bonds is 3. The molecule has 0 heterocycles. The molecule has 13 heavy (non-hydrogen) atoms. The van der Waals surface area contributed by atoms with E-state index in [1.54, 1.807) is 0 Å². The molecule has 0 aliphatic rings. The first kappa shape index (κ1) is 10.5. The van der Waals surface area contributed by atoms with Gasteiger partial charge in [-0.2, -0.15) is 0 Å². The number of benzene rings is 1. The Hall–Kier alpha value is -0.603. The summed E-state index contributed by atoms with van der Waals surface area (Å²) in [5.74, 6) is 0. The lowest BCUT2D eigenvalue weighted by Crippen LogP contribution is -2.40. The number of hydrogen-bond donors (Lipinski definition) is 0. The normalized spacial score (nSPS) is 12.3. The topological polar surface area (TPSA) is 3.24 Å². The molecule has 0 saturated heterocycles. The van der Waals surface area contributed by atoms with Crippen molar-refractivity contribution >= 4 is 10.2 Å². The molecule has 1 aromatic rings. The summed E-state index contributed by atoms with van der Waals surface area (Å²) in [5, 5.41) is 0.385. The van der Waals surface area contributed by atoms with Crippen LogP contribution in [-0.4, -0.2) is 27.4 Å².